The Balaban J connectivity index is 1.49. The molecule has 11 nitrogen and oxygen atoms in total. The van der Waals surface area contributed by atoms with Crippen LogP contribution in [0, 0.1) is 23.7 Å². The summed E-state index contributed by atoms with van der Waals surface area (Å²) in [7, 11) is 3.81. The van der Waals surface area contributed by atoms with Crippen molar-refractivity contribution in [3.05, 3.63) is 40.4 Å². The standard InChI is InChI=1S/C36H54N6O5S2/c1-22(2)15-26(16-33-37-12-10-13-38-33)39-34(45)28-21-49-35(40-28)32(47-24(5)43)18-30(23(3)4)42(7)36(46)27(25-19-48-20-25)17-31(44)29-11-8-9-14-41(29)6/h10,12-13,21-23,25-27,29-30,32H,8-9,11,14-20H2,1-7H3,(H,39,45)/t26-,27+,29-,30-,32-/m1/s1. The van der Waals surface area contributed by atoms with Gasteiger partial charge < -0.3 is 15.0 Å². The second-order valence-corrected chi connectivity index (χ2v) is 16.4. The van der Waals surface area contributed by atoms with Crippen LogP contribution in [0.15, 0.2) is 23.8 Å². The van der Waals surface area contributed by atoms with Gasteiger partial charge in [-0.15, -0.1) is 11.3 Å². The Morgan fingerprint density at radius 3 is 2.39 bits per heavy atom. The van der Waals surface area contributed by atoms with Crippen LogP contribution in [0.3, 0.4) is 0 Å². The number of nitrogens with zero attached hydrogens (tertiary/aromatic N) is 5. The molecule has 13 heteroatoms. The summed E-state index contributed by atoms with van der Waals surface area (Å²) in [5, 5.41) is 5.29. The smallest absolute Gasteiger partial charge is 0.303 e. The van der Waals surface area contributed by atoms with E-state index in [2.05, 4.69) is 39.0 Å². The highest BCUT2D eigenvalue weighted by atomic mass is 32.2. The number of piperidine rings is 1. The molecule has 2 aliphatic rings. The fraction of sp³-hybridized carbons (Fsp3) is 0.694. The maximum Gasteiger partial charge on any atom is 0.303 e. The number of hydrogen-bond donors (Lipinski definition) is 1. The van der Waals surface area contributed by atoms with Crippen molar-refractivity contribution in [3.8, 4) is 0 Å². The van der Waals surface area contributed by atoms with E-state index in [-0.39, 0.29) is 65.6 Å². The number of hydrogen-bond acceptors (Lipinski definition) is 11. The van der Waals surface area contributed by atoms with Crippen molar-refractivity contribution in [1.82, 2.24) is 30.1 Å². The monoisotopic (exact) mass is 714 g/mol. The highest BCUT2D eigenvalue weighted by Crippen LogP contribution is 2.37. The van der Waals surface area contributed by atoms with Gasteiger partial charge in [0.05, 0.1) is 6.04 Å². The summed E-state index contributed by atoms with van der Waals surface area (Å²) in [6.07, 6.45) is 7.43. The number of carbonyl (C=O) groups excluding carboxylic acids is 4. The van der Waals surface area contributed by atoms with Gasteiger partial charge in [0, 0.05) is 69.0 Å². The van der Waals surface area contributed by atoms with Crippen molar-refractivity contribution in [2.75, 3.05) is 32.1 Å². The van der Waals surface area contributed by atoms with Gasteiger partial charge in [-0.2, -0.15) is 11.8 Å². The van der Waals surface area contributed by atoms with E-state index in [1.54, 1.807) is 35.8 Å². The summed E-state index contributed by atoms with van der Waals surface area (Å²) in [4.78, 5) is 70.7. The number of amides is 2. The molecule has 2 fully saturated rings. The Morgan fingerprint density at radius 2 is 1.80 bits per heavy atom. The van der Waals surface area contributed by atoms with Gasteiger partial charge in [-0.1, -0.05) is 34.1 Å². The zero-order chi connectivity index (χ0) is 35.7. The molecule has 5 atom stereocenters. The van der Waals surface area contributed by atoms with Gasteiger partial charge in [-0.25, -0.2) is 15.0 Å². The quantitative estimate of drug-likeness (QED) is 0.218. The molecule has 0 radical (unpaired) electrons. The van der Waals surface area contributed by atoms with E-state index >= 15 is 0 Å². The normalized spacial score (nSPS) is 19.5. The first-order valence-corrected chi connectivity index (χ1v) is 19.6. The second kappa shape index (κ2) is 18.4. The third-order valence-electron chi connectivity index (χ3n) is 9.66. The Kier molecular flexibility index (Phi) is 14.6. The van der Waals surface area contributed by atoms with Crippen LogP contribution in [-0.4, -0.2) is 98.6 Å². The number of thiazole rings is 1. The lowest BCUT2D eigenvalue weighted by Crippen LogP contribution is -2.50. The largest absolute Gasteiger partial charge is 0.455 e. The average Bonchev–Trinajstić information content (AvgIpc) is 3.52. The fourth-order valence-electron chi connectivity index (χ4n) is 6.92. The lowest BCUT2D eigenvalue weighted by molar-refractivity contribution is -0.149. The van der Waals surface area contributed by atoms with E-state index in [0.29, 0.717) is 29.6 Å². The highest BCUT2D eigenvalue weighted by molar-refractivity contribution is 8.00. The molecule has 4 rings (SSSR count). The highest BCUT2D eigenvalue weighted by Gasteiger charge is 2.41. The number of likely N-dealkylation sites (N-methyl/N-ethyl adjacent to an activating group) is 1. The first-order valence-electron chi connectivity index (χ1n) is 17.6. The van der Waals surface area contributed by atoms with Crippen LogP contribution in [0.5, 0.6) is 0 Å². The minimum Gasteiger partial charge on any atom is -0.455 e. The van der Waals surface area contributed by atoms with Crippen molar-refractivity contribution < 1.29 is 23.9 Å². The number of ketones is 1. The molecule has 2 aromatic rings. The summed E-state index contributed by atoms with van der Waals surface area (Å²) in [5.41, 5.74) is 0.249. The number of esters is 1. The summed E-state index contributed by atoms with van der Waals surface area (Å²) in [5.74, 6) is 1.92. The second-order valence-electron chi connectivity index (χ2n) is 14.4. The Morgan fingerprint density at radius 1 is 1.08 bits per heavy atom. The summed E-state index contributed by atoms with van der Waals surface area (Å²) < 4.78 is 5.81. The zero-order valence-electron chi connectivity index (χ0n) is 30.1. The van der Waals surface area contributed by atoms with Crippen molar-refractivity contribution in [2.24, 2.45) is 23.7 Å². The SMILES string of the molecule is CC(=O)O[C@H](C[C@H](C(C)C)N(C)C(=O)[C@@H](CC(=O)[C@H]1CCCCN1C)C1CSC1)c1nc(C(=O)N[C@@H](Cc2ncccn2)CC(C)C)cs1. The van der Waals surface area contributed by atoms with Crippen LogP contribution >= 0.6 is 23.1 Å². The molecule has 0 aromatic carbocycles. The van der Waals surface area contributed by atoms with Crippen LogP contribution < -0.4 is 5.32 Å². The lowest BCUT2D eigenvalue weighted by Gasteiger charge is -2.40. The third kappa shape index (κ3) is 11.0. The van der Waals surface area contributed by atoms with E-state index < -0.39 is 12.1 Å². The van der Waals surface area contributed by atoms with Crippen LogP contribution in [0.1, 0.15) is 101 Å². The molecule has 2 amide bonds. The zero-order valence-corrected chi connectivity index (χ0v) is 31.7. The predicted octanol–water partition coefficient (Wildman–Crippen LogP) is 5.22. The van der Waals surface area contributed by atoms with E-state index in [1.165, 1.54) is 18.3 Å². The number of likely N-dealkylation sites (tertiary alicyclic amines) is 1. The third-order valence-corrected chi connectivity index (χ3v) is 11.9. The maximum atomic E-state index is 14.2. The van der Waals surface area contributed by atoms with Gasteiger partial charge in [-0.3, -0.25) is 24.1 Å². The molecule has 1 N–H and O–H groups in total. The van der Waals surface area contributed by atoms with Gasteiger partial charge >= 0.3 is 5.97 Å². The molecule has 0 bridgehead atoms. The Labute approximate surface area is 299 Å². The van der Waals surface area contributed by atoms with Crippen molar-refractivity contribution in [2.45, 2.75) is 104 Å². The topological polar surface area (TPSA) is 135 Å². The number of Topliss-reactive ketones (excluding diaryl/α,β-unsaturated/α-hetero) is 1. The number of ether oxygens (including phenoxy) is 1. The number of aromatic nitrogens is 3. The number of carbonyl (C=O) groups is 4. The molecule has 49 heavy (non-hydrogen) atoms. The van der Waals surface area contributed by atoms with Gasteiger partial charge in [0.25, 0.3) is 5.91 Å². The predicted molar refractivity (Wildman–Crippen MR) is 193 cm³/mol. The average molecular weight is 715 g/mol. The van der Waals surface area contributed by atoms with E-state index in [1.807, 2.05) is 32.7 Å². The van der Waals surface area contributed by atoms with Gasteiger partial charge in [0.2, 0.25) is 5.91 Å². The number of thioether (sulfide) groups is 1. The fourth-order valence-corrected chi connectivity index (χ4v) is 8.73. The lowest BCUT2D eigenvalue weighted by atomic mass is 9.84. The van der Waals surface area contributed by atoms with Crippen LogP contribution in [0.4, 0.5) is 0 Å². The van der Waals surface area contributed by atoms with Gasteiger partial charge in [-0.05, 0) is 68.2 Å². The van der Waals surface area contributed by atoms with Gasteiger partial charge in [0.15, 0.2) is 11.9 Å². The molecular weight excluding hydrogens is 661 g/mol. The van der Waals surface area contributed by atoms with E-state index in [9.17, 15) is 19.2 Å². The molecular formula is C36H54N6O5S2. The minimum atomic E-state index is -0.744. The first kappa shape index (κ1) is 38.9. The number of nitrogens with one attached hydrogen (secondary N) is 1. The molecule has 270 valence electrons. The molecule has 0 unspecified atom stereocenters. The minimum absolute atomic E-state index is 0.0309. The van der Waals surface area contributed by atoms with E-state index in [4.69, 9.17) is 4.74 Å². The summed E-state index contributed by atoms with van der Waals surface area (Å²) in [6, 6.07) is 1.17. The van der Waals surface area contributed by atoms with Crippen LogP contribution in [-0.2, 0) is 25.5 Å². The molecule has 2 aliphatic heterocycles. The van der Waals surface area contributed by atoms with Crippen molar-refractivity contribution >= 4 is 46.7 Å². The van der Waals surface area contributed by atoms with Gasteiger partial charge in [0.1, 0.15) is 16.5 Å². The first-order chi connectivity index (χ1) is 23.3. The molecule has 4 heterocycles. The molecule has 0 aliphatic carbocycles. The van der Waals surface area contributed by atoms with E-state index in [0.717, 1.165) is 43.7 Å². The Bertz CT molecular complexity index is 1400. The van der Waals surface area contributed by atoms with Crippen LogP contribution in [0.25, 0.3) is 0 Å². The molecule has 2 aromatic heterocycles. The summed E-state index contributed by atoms with van der Waals surface area (Å²) >= 11 is 3.08. The molecule has 2 saturated heterocycles. The van der Waals surface area contributed by atoms with Crippen LogP contribution in [0.2, 0.25) is 0 Å². The van der Waals surface area contributed by atoms with Crippen molar-refractivity contribution in [1.29, 1.82) is 0 Å². The number of rotatable bonds is 17. The Hall–Kier alpha value is -2.90. The maximum absolute atomic E-state index is 14.2. The molecule has 0 spiro atoms. The summed E-state index contributed by atoms with van der Waals surface area (Å²) in [6.45, 7) is 10.5. The van der Waals surface area contributed by atoms with Crippen molar-refractivity contribution in [3.63, 3.8) is 0 Å². The molecule has 0 saturated carbocycles.